The molecule has 0 aliphatic heterocycles. The first-order valence-corrected chi connectivity index (χ1v) is 6.69. The first kappa shape index (κ1) is 25.5. The summed E-state index contributed by atoms with van der Waals surface area (Å²) in [5.41, 5.74) is 0. The van der Waals surface area contributed by atoms with E-state index in [1.165, 1.54) is 0 Å². The molecule has 10 nitrogen and oxygen atoms in total. The fraction of sp³-hybridized carbons (Fsp3) is 0. The van der Waals surface area contributed by atoms with Crippen molar-refractivity contribution in [2.24, 2.45) is 0 Å². The first-order valence-electron chi connectivity index (χ1n) is 1.90. The molecule has 0 aliphatic carbocycles. The summed E-state index contributed by atoms with van der Waals surface area (Å²) in [6.45, 7) is 0. The SMILES string of the molecule is O=S(=O)(O)O.O=S(=O)(O)S(=O)(=O)O.[NaH].[NaH]. The molecule has 4 N–H and O–H groups in total. The van der Waals surface area contributed by atoms with Crippen LogP contribution in [0, 0.1) is 0 Å². The Balaban J connectivity index is -0.0000000770. The summed E-state index contributed by atoms with van der Waals surface area (Å²) in [5.74, 6) is 0. The minimum absolute atomic E-state index is 0. The number of hydrogen-bond donors (Lipinski definition) is 4. The molecule has 0 amide bonds. The van der Waals surface area contributed by atoms with E-state index in [0.717, 1.165) is 0 Å². The Morgan fingerprint density at radius 2 is 0.600 bits per heavy atom. The molecule has 0 saturated carbocycles. The van der Waals surface area contributed by atoms with Gasteiger partial charge in [-0.3, -0.25) is 18.2 Å². The summed E-state index contributed by atoms with van der Waals surface area (Å²) in [4.78, 5) is 0. The fourth-order valence-corrected chi connectivity index (χ4v) is 0. The second kappa shape index (κ2) is 8.73. The van der Waals surface area contributed by atoms with Crippen LogP contribution in [-0.2, 0) is 28.7 Å². The van der Waals surface area contributed by atoms with E-state index in [9.17, 15) is 16.8 Å². The maximum absolute atomic E-state index is 9.37. The van der Waals surface area contributed by atoms with Gasteiger partial charge in [0.1, 0.15) is 0 Å². The summed E-state index contributed by atoms with van der Waals surface area (Å²) < 4.78 is 84.0. The topological polar surface area (TPSA) is 183 Å². The second-order valence-corrected chi connectivity index (χ2v) is 6.44. The number of rotatable bonds is 1. The van der Waals surface area contributed by atoms with Crippen molar-refractivity contribution in [3.05, 3.63) is 0 Å². The zero-order valence-electron chi connectivity index (χ0n) is 5.46. The normalized spacial score (nSPS) is 11.2. The summed E-state index contributed by atoms with van der Waals surface area (Å²) in [5, 5.41) is 0. The molecule has 0 saturated heterocycles. The van der Waals surface area contributed by atoms with Crippen molar-refractivity contribution >= 4 is 87.8 Å². The van der Waals surface area contributed by atoms with E-state index in [4.69, 9.17) is 26.6 Å². The molecule has 0 aromatic rings. The molecule has 0 aromatic carbocycles. The molecule has 0 aromatic heterocycles. The van der Waals surface area contributed by atoms with Gasteiger partial charge in [-0.05, 0) is 0 Å². The van der Waals surface area contributed by atoms with Crippen LogP contribution in [0.5, 0.6) is 0 Å². The van der Waals surface area contributed by atoms with Crippen molar-refractivity contribution in [2.75, 3.05) is 0 Å². The van der Waals surface area contributed by atoms with Crippen LogP contribution in [0.3, 0.4) is 0 Å². The van der Waals surface area contributed by atoms with E-state index >= 15 is 0 Å². The van der Waals surface area contributed by atoms with E-state index in [1.807, 2.05) is 0 Å². The van der Waals surface area contributed by atoms with Crippen molar-refractivity contribution in [1.29, 1.82) is 0 Å². The van der Waals surface area contributed by atoms with Gasteiger partial charge in [-0.2, -0.15) is 25.3 Å². The third-order valence-corrected chi connectivity index (χ3v) is 2.40. The van der Waals surface area contributed by atoms with Crippen LogP contribution in [0.25, 0.3) is 0 Å². The monoisotopic (exact) mass is 308 g/mol. The number of hydrogen-bond acceptors (Lipinski definition) is 6. The fourth-order valence-electron chi connectivity index (χ4n) is 0. The summed E-state index contributed by atoms with van der Waals surface area (Å²) in [6.07, 6.45) is 0. The molecule has 0 aliphatic rings. The van der Waals surface area contributed by atoms with E-state index < -0.39 is 28.7 Å². The molecule has 86 valence electrons. The summed E-state index contributed by atoms with van der Waals surface area (Å²) >= 11 is 0. The van der Waals surface area contributed by atoms with Crippen LogP contribution in [0.1, 0.15) is 0 Å². The van der Waals surface area contributed by atoms with Crippen LogP contribution in [-0.4, -0.2) is 103 Å². The first-order chi connectivity index (χ1) is 5.25. The Labute approximate surface area is 129 Å². The van der Waals surface area contributed by atoms with Crippen LogP contribution < -0.4 is 0 Å². The van der Waals surface area contributed by atoms with Gasteiger partial charge in [-0.1, -0.05) is 0 Å². The Kier molecular flexibility index (Phi) is 14.9. The third kappa shape index (κ3) is 25.7. The summed E-state index contributed by atoms with van der Waals surface area (Å²) in [7, 11) is -15.3. The zero-order chi connectivity index (χ0) is 11.5. The average Bonchev–Trinajstić information content (AvgIpc) is 1.50. The molecule has 0 bridgehead atoms. The molecule has 0 spiro atoms. The average molecular weight is 308 g/mol. The zero-order valence-corrected chi connectivity index (χ0v) is 7.91. The molecular weight excluding hydrogens is 302 g/mol. The van der Waals surface area contributed by atoms with E-state index in [2.05, 4.69) is 0 Å². The Morgan fingerprint density at radius 1 is 0.533 bits per heavy atom. The van der Waals surface area contributed by atoms with Gasteiger partial charge in [0.25, 0.3) is 0 Å². The standard InChI is InChI=1S/2Na.H2O6S2.H2O4S.2H/c;;1-7(2,3)8(4,5)6;1-5(2,3)4;;/h;;(H,1,2,3)(H,4,5,6);(H2,1,2,3,4);;. The molecule has 0 unspecified atom stereocenters. The van der Waals surface area contributed by atoms with Crippen molar-refractivity contribution in [2.45, 2.75) is 0 Å². The van der Waals surface area contributed by atoms with Crippen LogP contribution in [0.2, 0.25) is 0 Å². The predicted octanol–water partition coefficient (Wildman–Crippen LogP) is -3.27. The van der Waals surface area contributed by atoms with Gasteiger partial charge in [-0.15, -0.1) is 0 Å². The van der Waals surface area contributed by atoms with Crippen molar-refractivity contribution < 1.29 is 43.5 Å². The summed E-state index contributed by atoms with van der Waals surface area (Å²) in [6, 6.07) is 0. The quantitative estimate of drug-likeness (QED) is 0.217. The van der Waals surface area contributed by atoms with E-state index in [0.29, 0.717) is 0 Å². The molecule has 0 heterocycles. The molecule has 0 rings (SSSR count). The Bertz CT molecular complexity index is 397. The molecule has 15 heteroatoms. The second-order valence-electron chi connectivity index (χ2n) is 1.30. The molecule has 0 radical (unpaired) electrons. The minimum atomic E-state index is -5.31. The molecule has 15 heavy (non-hydrogen) atoms. The van der Waals surface area contributed by atoms with Crippen LogP contribution in [0.15, 0.2) is 0 Å². The van der Waals surface area contributed by atoms with Gasteiger partial charge < -0.3 is 0 Å². The Morgan fingerprint density at radius 3 is 0.600 bits per heavy atom. The molecular formula is H6Na2O10S3. The van der Waals surface area contributed by atoms with Gasteiger partial charge in [0, 0.05) is 0 Å². The van der Waals surface area contributed by atoms with Gasteiger partial charge in [0.15, 0.2) is 0 Å². The van der Waals surface area contributed by atoms with Gasteiger partial charge >= 0.3 is 87.8 Å². The van der Waals surface area contributed by atoms with Gasteiger partial charge in [-0.25, -0.2) is 0 Å². The predicted molar refractivity (Wildman–Crippen MR) is 51.6 cm³/mol. The third-order valence-electron chi connectivity index (χ3n) is 0.266. The van der Waals surface area contributed by atoms with Gasteiger partial charge in [0.2, 0.25) is 0 Å². The molecule has 0 fully saturated rings. The van der Waals surface area contributed by atoms with E-state index in [1.54, 1.807) is 0 Å². The van der Waals surface area contributed by atoms with Gasteiger partial charge in [0.05, 0.1) is 0 Å². The van der Waals surface area contributed by atoms with Crippen molar-refractivity contribution in [1.82, 2.24) is 0 Å². The Hall–Kier alpha value is 1.69. The van der Waals surface area contributed by atoms with Crippen LogP contribution in [0.4, 0.5) is 0 Å². The van der Waals surface area contributed by atoms with Crippen LogP contribution >= 0.6 is 0 Å². The van der Waals surface area contributed by atoms with E-state index in [-0.39, 0.29) is 59.1 Å². The molecule has 0 atom stereocenters. The van der Waals surface area contributed by atoms with Crippen molar-refractivity contribution in [3.63, 3.8) is 0 Å². The maximum atomic E-state index is 9.37. The van der Waals surface area contributed by atoms with Crippen molar-refractivity contribution in [3.8, 4) is 0 Å².